The molecule has 2 aliphatic carbocycles. The zero-order valence-corrected chi connectivity index (χ0v) is 31.9. The Bertz CT molecular complexity index is 1860. The molecule has 8 nitrogen and oxygen atoms in total. The predicted octanol–water partition coefficient (Wildman–Crippen LogP) is 8.94. The van der Waals surface area contributed by atoms with E-state index in [1.165, 1.54) is 0 Å². The van der Waals surface area contributed by atoms with Gasteiger partial charge in [0.05, 0.1) is 24.2 Å². The molecule has 1 aliphatic heterocycles. The van der Waals surface area contributed by atoms with Gasteiger partial charge in [0.2, 0.25) is 0 Å². The summed E-state index contributed by atoms with van der Waals surface area (Å²) < 4.78 is 0. The Labute approximate surface area is 318 Å². The van der Waals surface area contributed by atoms with Gasteiger partial charge in [-0.2, -0.15) is 0 Å². The molecule has 1 heterocycles. The molecule has 54 heavy (non-hydrogen) atoms. The van der Waals surface area contributed by atoms with Gasteiger partial charge in [-0.1, -0.05) is 49.9 Å². The fraction of sp³-hybridized carbons (Fsp3) is 0.391. The zero-order valence-electron chi connectivity index (χ0n) is 31.9. The van der Waals surface area contributed by atoms with E-state index in [1.807, 2.05) is 76.2 Å². The van der Waals surface area contributed by atoms with Crippen LogP contribution >= 0.6 is 0 Å². The Morgan fingerprint density at radius 2 is 0.593 bits per heavy atom. The molecule has 2 saturated carbocycles. The fourth-order valence-corrected chi connectivity index (χ4v) is 8.39. The number of aryl methyl sites for hydroxylation is 4. The lowest BCUT2D eigenvalue weighted by Gasteiger charge is -2.25. The molecule has 0 radical (unpaired) electrons. The average molecular weight is 725 g/mol. The number of phenols is 4. The predicted molar refractivity (Wildman–Crippen MR) is 219 cm³/mol. The van der Waals surface area contributed by atoms with Crippen molar-refractivity contribution in [3.8, 4) is 23.0 Å². The van der Waals surface area contributed by atoms with Crippen molar-refractivity contribution in [2.75, 3.05) is 0 Å². The van der Waals surface area contributed by atoms with E-state index in [0.717, 1.165) is 95.9 Å². The molecule has 2 fully saturated rings. The summed E-state index contributed by atoms with van der Waals surface area (Å²) in [6.07, 6.45) is 16.2. The highest BCUT2D eigenvalue weighted by Gasteiger charge is 2.25. The topological polar surface area (TPSA) is 130 Å². The second kappa shape index (κ2) is 16.0. The van der Waals surface area contributed by atoms with Gasteiger partial charge in [0.1, 0.15) is 23.0 Å². The summed E-state index contributed by atoms with van der Waals surface area (Å²) in [5.74, 6) is 0.885. The van der Waals surface area contributed by atoms with Gasteiger partial charge in [-0.15, -0.1) is 0 Å². The summed E-state index contributed by atoms with van der Waals surface area (Å²) in [6.45, 7) is 7.64. The van der Waals surface area contributed by atoms with Gasteiger partial charge in [0.25, 0.3) is 0 Å². The lowest BCUT2D eigenvalue weighted by Crippen LogP contribution is -2.27. The Morgan fingerprint density at radius 1 is 0.370 bits per heavy atom. The van der Waals surface area contributed by atoms with Gasteiger partial charge in [0.15, 0.2) is 0 Å². The molecule has 8 bridgehead atoms. The van der Waals surface area contributed by atoms with Crippen molar-refractivity contribution in [3.63, 3.8) is 0 Å². The molecular weight excluding hydrogens is 673 g/mol. The summed E-state index contributed by atoms with van der Waals surface area (Å²) in [4.78, 5) is 20.0. The highest BCUT2D eigenvalue weighted by molar-refractivity contribution is 5.87. The Morgan fingerprint density at radius 3 is 0.815 bits per heavy atom. The number of hydrogen-bond donors (Lipinski definition) is 4. The van der Waals surface area contributed by atoms with Gasteiger partial charge >= 0.3 is 0 Å². The first-order chi connectivity index (χ1) is 26.0. The minimum absolute atomic E-state index is 0.0474. The standard InChI is InChI=1S/C46H52N4O4/c1-27-13-31-17-32-14-28(2)44(52)36(20-32)24-49-41-11-7-8-12-42(41)50-26-38-22-34(16-30(4)46(38)54)18-33-15-29(3)45(53)37(21-33)25-48-40-10-6-5-9-39(40)47-23-35(19-31)43(27)51/h13-16,19-26,39-42,51-54H,5-12,17-18H2,1-4H3/t39-,40-,41-,42-/m0/s1. The Kier molecular flexibility index (Phi) is 11.0. The van der Waals surface area contributed by atoms with Gasteiger partial charge in [-0.05, 0) is 135 Å². The van der Waals surface area contributed by atoms with Crippen LogP contribution in [0.2, 0.25) is 0 Å². The van der Waals surface area contributed by atoms with Crippen LogP contribution in [0.25, 0.3) is 0 Å². The SMILES string of the molecule is Cc1cc2cc(c1O)C=N[C@H]1CCCC[C@@H]1N=Cc1cc(cc(C)c1O)Cc1cc(C)c(O)c(c1)C=N[C@H]1CCCC[C@@H]1N=Cc1cc(cc(C)c1O)C2. The molecule has 4 N–H and O–H groups in total. The summed E-state index contributed by atoms with van der Waals surface area (Å²) >= 11 is 0. The number of aliphatic imine (C=N–C) groups is 4. The number of hydrogen-bond acceptors (Lipinski definition) is 8. The molecule has 0 unspecified atom stereocenters. The summed E-state index contributed by atoms with van der Waals surface area (Å²) in [5.41, 5.74) is 9.97. The van der Waals surface area contributed by atoms with Crippen LogP contribution in [-0.2, 0) is 12.8 Å². The second-order valence-electron chi connectivity index (χ2n) is 15.7. The molecular formula is C46H52N4O4. The van der Waals surface area contributed by atoms with Crippen LogP contribution < -0.4 is 0 Å². The van der Waals surface area contributed by atoms with Crippen molar-refractivity contribution < 1.29 is 20.4 Å². The maximum Gasteiger partial charge on any atom is 0.127 e. The number of benzene rings is 4. The van der Waals surface area contributed by atoms with Crippen molar-refractivity contribution in [3.05, 3.63) is 115 Å². The number of aromatic hydroxyl groups is 4. The maximum atomic E-state index is 11.1. The third kappa shape index (κ3) is 8.28. The molecule has 7 rings (SSSR count). The molecule has 0 amide bonds. The highest BCUT2D eigenvalue weighted by atomic mass is 16.3. The van der Waals surface area contributed by atoms with E-state index in [9.17, 15) is 20.4 Å². The molecule has 4 aromatic carbocycles. The third-order valence-electron chi connectivity index (χ3n) is 11.4. The largest absolute Gasteiger partial charge is 0.507 e. The minimum Gasteiger partial charge on any atom is -0.507 e. The first-order valence-corrected chi connectivity index (χ1v) is 19.4. The number of fused-ring (bicyclic) bond motifs is 10. The van der Waals surface area contributed by atoms with Crippen molar-refractivity contribution in [1.29, 1.82) is 0 Å². The monoisotopic (exact) mass is 724 g/mol. The lowest BCUT2D eigenvalue weighted by atomic mass is 9.90. The molecule has 3 aliphatic rings. The van der Waals surface area contributed by atoms with Crippen LogP contribution in [0, 0.1) is 27.7 Å². The smallest absolute Gasteiger partial charge is 0.127 e. The first kappa shape index (κ1) is 37.1. The average Bonchev–Trinajstić information content (AvgIpc) is 3.15. The van der Waals surface area contributed by atoms with Gasteiger partial charge < -0.3 is 20.4 Å². The molecule has 4 aromatic rings. The van der Waals surface area contributed by atoms with Crippen LogP contribution in [0.4, 0.5) is 0 Å². The quantitative estimate of drug-likeness (QED) is 0.144. The maximum absolute atomic E-state index is 11.1. The van der Waals surface area contributed by atoms with Crippen LogP contribution in [0.5, 0.6) is 23.0 Å². The lowest BCUT2D eigenvalue weighted by molar-refractivity contribution is 0.390. The zero-order chi connectivity index (χ0) is 37.9. The summed E-state index contributed by atoms with van der Waals surface area (Å²) in [6, 6.07) is 15.8. The number of nitrogens with zero attached hydrogens (tertiary/aromatic N) is 4. The van der Waals surface area contributed by atoms with Crippen LogP contribution in [0.15, 0.2) is 68.5 Å². The molecule has 0 saturated heterocycles. The van der Waals surface area contributed by atoms with E-state index >= 15 is 0 Å². The van der Waals surface area contributed by atoms with Crippen molar-refractivity contribution in [2.45, 2.75) is 116 Å². The molecule has 280 valence electrons. The van der Waals surface area contributed by atoms with E-state index in [-0.39, 0.29) is 47.2 Å². The number of phenolic OH excluding ortho intramolecular Hbond substituents is 4. The first-order valence-electron chi connectivity index (χ1n) is 19.4. The minimum atomic E-state index is -0.0474. The fourth-order valence-electron chi connectivity index (χ4n) is 8.39. The van der Waals surface area contributed by atoms with E-state index in [4.69, 9.17) is 20.0 Å². The Balaban J connectivity index is 1.31. The summed E-state index contributed by atoms with van der Waals surface area (Å²) in [7, 11) is 0. The van der Waals surface area contributed by atoms with Crippen LogP contribution in [0.1, 0.15) is 118 Å². The summed E-state index contributed by atoms with van der Waals surface area (Å²) in [5, 5.41) is 44.4. The third-order valence-corrected chi connectivity index (χ3v) is 11.4. The van der Waals surface area contributed by atoms with Crippen molar-refractivity contribution in [2.24, 2.45) is 20.0 Å². The highest BCUT2D eigenvalue weighted by Crippen LogP contribution is 2.32. The van der Waals surface area contributed by atoms with E-state index in [1.54, 1.807) is 24.9 Å². The van der Waals surface area contributed by atoms with Gasteiger partial charge in [-0.3, -0.25) is 20.0 Å². The van der Waals surface area contributed by atoms with Gasteiger partial charge in [-0.25, -0.2) is 0 Å². The van der Waals surface area contributed by atoms with E-state index < -0.39 is 0 Å². The molecule has 4 atom stereocenters. The number of rotatable bonds is 0. The van der Waals surface area contributed by atoms with Crippen molar-refractivity contribution >= 4 is 24.9 Å². The van der Waals surface area contributed by atoms with Crippen molar-refractivity contribution in [1.82, 2.24) is 0 Å². The van der Waals surface area contributed by atoms with E-state index in [2.05, 4.69) is 0 Å². The normalized spacial score (nSPS) is 21.7. The molecule has 0 aromatic heterocycles. The van der Waals surface area contributed by atoms with E-state index in [0.29, 0.717) is 35.1 Å². The molecule has 8 heteroatoms. The van der Waals surface area contributed by atoms with Crippen LogP contribution in [-0.4, -0.2) is 69.5 Å². The molecule has 0 spiro atoms. The second-order valence-corrected chi connectivity index (χ2v) is 15.7. The Hall–Kier alpha value is -5.24. The van der Waals surface area contributed by atoms with Crippen LogP contribution in [0.3, 0.4) is 0 Å². The van der Waals surface area contributed by atoms with Gasteiger partial charge in [0, 0.05) is 47.1 Å².